The molecule has 0 aliphatic carbocycles. The van der Waals surface area contributed by atoms with Crippen LogP contribution in [0.3, 0.4) is 0 Å². The van der Waals surface area contributed by atoms with Gasteiger partial charge in [0.25, 0.3) is 0 Å². The molecule has 7 nitrogen and oxygen atoms in total. The van der Waals surface area contributed by atoms with Crippen molar-refractivity contribution >= 4 is 16.0 Å². The molecule has 1 aromatic heterocycles. The highest BCUT2D eigenvalue weighted by Gasteiger charge is 2.17. The number of nitrogens with one attached hydrogen (secondary N) is 1. The van der Waals surface area contributed by atoms with Crippen molar-refractivity contribution in [2.75, 3.05) is 0 Å². The Morgan fingerprint density at radius 1 is 1.45 bits per heavy atom. The van der Waals surface area contributed by atoms with E-state index in [1.54, 1.807) is 0 Å². The van der Waals surface area contributed by atoms with Crippen molar-refractivity contribution in [3.05, 3.63) is 47.5 Å². The van der Waals surface area contributed by atoms with E-state index in [0.29, 0.717) is 6.54 Å². The predicted octanol–water partition coefficient (Wildman–Crippen LogP) is 1.22. The van der Waals surface area contributed by atoms with Crippen molar-refractivity contribution in [1.82, 2.24) is 14.5 Å². The Balaban J connectivity index is 2.18. The molecule has 0 bridgehead atoms. The summed E-state index contributed by atoms with van der Waals surface area (Å²) in [7, 11) is -3.85. The van der Waals surface area contributed by atoms with E-state index in [-0.39, 0.29) is 22.6 Å². The average Bonchev–Trinajstić information content (AvgIpc) is 2.96. The highest BCUT2D eigenvalue weighted by molar-refractivity contribution is 7.89. The van der Waals surface area contributed by atoms with Gasteiger partial charge < -0.3 is 5.11 Å². The van der Waals surface area contributed by atoms with Gasteiger partial charge in [-0.05, 0) is 25.1 Å². The minimum Gasteiger partial charge on any atom is -0.478 e. The maximum Gasteiger partial charge on any atom is 0.335 e. The molecule has 0 amide bonds. The Morgan fingerprint density at radius 3 is 2.77 bits per heavy atom. The van der Waals surface area contributed by atoms with Crippen LogP contribution in [0.15, 0.2) is 35.5 Å². The molecule has 22 heavy (non-hydrogen) atoms. The van der Waals surface area contributed by atoms with Crippen LogP contribution in [0.5, 0.6) is 0 Å². The Bertz CT molecular complexity index is 801. The summed E-state index contributed by atoms with van der Waals surface area (Å²) in [5, 5.41) is 12.7. The standard InChI is InChI=1S/C13H14FN3O4S/c1-2-17-8-11(7-15-17)22(20,21)16-6-10-5-9(13(18)19)3-4-12(10)14/h3-5,7-8,16H,2,6H2,1H3,(H,18,19). The lowest BCUT2D eigenvalue weighted by Gasteiger charge is -2.07. The zero-order valence-corrected chi connectivity index (χ0v) is 12.5. The highest BCUT2D eigenvalue weighted by atomic mass is 32.2. The number of hydrogen-bond donors (Lipinski definition) is 2. The van der Waals surface area contributed by atoms with Gasteiger partial charge >= 0.3 is 5.97 Å². The van der Waals surface area contributed by atoms with Crippen molar-refractivity contribution in [2.45, 2.75) is 24.9 Å². The fraction of sp³-hybridized carbons (Fsp3) is 0.231. The van der Waals surface area contributed by atoms with Crippen LogP contribution in [0.25, 0.3) is 0 Å². The van der Waals surface area contributed by atoms with Gasteiger partial charge in [-0.15, -0.1) is 0 Å². The van der Waals surface area contributed by atoms with Gasteiger partial charge in [0.2, 0.25) is 10.0 Å². The van der Waals surface area contributed by atoms with Gasteiger partial charge in [0.05, 0.1) is 11.8 Å². The fourth-order valence-electron chi connectivity index (χ4n) is 1.76. The smallest absolute Gasteiger partial charge is 0.335 e. The number of aromatic nitrogens is 2. The summed E-state index contributed by atoms with van der Waals surface area (Å²) < 4.78 is 41.4. The minimum atomic E-state index is -3.85. The third-order valence-electron chi connectivity index (χ3n) is 2.99. The Kier molecular flexibility index (Phi) is 4.57. The molecule has 0 fully saturated rings. The topological polar surface area (TPSA) is 101 Å². The molecule has 0 unspecified atom stereocenters. The Hall–Kier alpha value is -2.26. The molecule has 1 heterocycles. The van der Waals surface area contributed by atoms with Gasteiger partial charge in [-0.1, -0.05) is 0 Å². The average molecular weight is 327 g/mol. The highest BCUT2D eigenvalue weighted by Crippen LogP contribution is 2.13. The monoisotopic (exact) mass is 327 g/mol. The van der Waals surface area contributed by atoms with E-state index in [9.17, 15) is 17.6 Å². The molecule has 1 aromatic carbocycles. The summed E-state index contributed by atoms with van der Waals surface area (Å²) in [5.41, 5.74) is -0.166. The second kappa shape index (κ2) is 6.24. The Labute approximate surface area is 126 Å². The van der Waals surface area contributed by atoms with Crippen molar-refractivity contribution < 1.29 is 22.7 Å². The molecule has 9 heteroatoms. The number of benzene rings is 1. The lowest BCUT2D eigenvalue weighted by atomic mass is 10.1. The number of carbonyl (C=O) groups is 1. The SMILES string of the molecule is CCn1cc(S(=O)(=O)NCc2cc(C(=O)O)ccc2F)cn1. The van der Waals surface area contributed by atoms with Gasteiger partial charge in [-0.3, -0.25) is 4.68 Å². The normalized spacial score (nSPS) is 11.5. The van der Waals surface area contributed by atoms with Crippen LogP contribution in [-0.4, -0.2) is 29.3 Å². The van der Waals surface area contributed by atoms with Crippen LogP contribution >= 0.6 is 0 Å². The Morgan fingerprint density at radius 2 is 2.18 bits per heavy atom. The lowest BCUT2D eigenvalue weighted by Crippen LogP contribution is -2.23. The second-order valence-electron chi connectivity index (χ2n) is 4.47. The fourth-order valence-corrected chi connectivity index (χ4v) is 2.71. The number of sulfonamides is 1. The first kappa shape index (κ1) is 16.1. The summed E-state index contributed by atoms with van der Waals surface area (Å²) in [5.74, 6) is -1.90. The first-order chi connectivity index (χ1) is 10.3. The van der Waals surface area contributed by atoms with Crippen LogP contribution in [0.4, 0.5) is 4.39 Å². The van der Waals surface area contributed by atoms with Crippen molar-refractivity contribution in [3.63, 3.8) is 0 Å². The van der Waals surface area contributed by atoms with E-state index in [4.69, 9.17) is 5.11 Å². The molecule has 2 aromatic rings. The molecule has 0 saturated heterocycles. The van der Waals surface area contributed by atoms with E-state index in [1.807, 2.05) is 6.92 Å². The molecule has 0 aliphatic heterocycles. The predicted molar refractivity (Wildman–Crippen MR) is 75.3 cm³/mol. The van der Waals surface area contributed by atoms with Gasteiger partial charge in [0.1, 0.15) is 10.7 Å². The zero-order chi connectivity index (χ0) is 16.3. The number of aryl methyl sites for hydroxylation is 1. The van der Waals surface area contributed by atoms with E-state index in [1.165, 1.54) is 17.1 Å². The van der Waals surface area contributed by atoms with E-state index >= 15 is 0 Å². The molecule has 0 atom stereocenters. The second-order valence-corrected chi connectivity index (χ2v) is 6.23. The summed E-state index contributed by atoms with van der Waals surface area (Å²) in [6.07, 6.45) is 2.54. The number of carboxylic acid groups (broad SMARTS) is 1. The summed E-state index contributed by atoms with van der Waals surface area (Å²) in [6, 6.07) is 3.19. The quantitative estimate of drug-likeness (QED) is 0.830. The molecule has 0 aliphatic rings. The van der Waals surface area contributed by atoms with Crippen LogP contribution in [-0.2, 0) is 23.1 Å². The van der Waals surface area contributed by atoms with Crippen molar-refractivity contribution in [2.24, 2.45) is 0 Å². The summed E-state index contributed by atoms with van der Waals surface area (Å²) >= 11 is 0. The van der Waals surface area contributed by atoms with E-state index < -0.39 is 21.8 Å². The number of nitrogens with zero attached hydrogens (tertiary/aromatic N) is 2. The third-order valence-corrected chi connectivity index (χ3v) is 4.34. The van der Waals surface area contributed by atoms with Gasteiger partial charge in [-0.2, -0.15) is 5.10 Å². The number of aromatic carboxylic acids is 1. The maximum atomic E-state index is 13.6. The summed E-state index contributed by atoms with van der Waals surface area (Å²) in [6.45, 7) is 1.97. The number of carboxylic acids is 1. The maximum absolute atomic E-state index is 13.6. The molecular weight excluding hydrogens is 313 g/mol. The van der Waals surface area contributed by atoms with Gasteiger partial charge in [-0.25, -0.2) is 22.3 Å². The largest absolute Gasteiger partial charge is 0.478 e. The molecule has 118 valence electrons. The van der Waals surface area contributed by atoms with Crippen LogP contribution < -0.4 is 4.72 Å². The first-order valence-corrected chi connectivity index (χ1v) is 7.85. The van der Waals surface area contributed by atoms with Crippen molar-refractivity contribution in [1.29, 1.82) is 0 Å². The molecule has 2 N–H and O–H groups in total. The summed E-state index contributed by atoms with van der Waals surface area (Å²) in [4.78, 5) is 10.8. The third kappa shape index (κ3) is 3.49. The van der Waals surface area contributed by atoms with E-state index in [2.05, 4.69) is 9.82 Å². The van der Waals surface area contributed by atoms with Gasteiger partial charge in [0.15, 0.2) is 0 Å². The van der Waals surface area contributed by atoms with Crippen LogP contribution in [0, 0.1) is 5.82 Å². The molecule has 0 spiro atoms. The molecule has 0 radical (unpaired) electrons. The minimum absolute atomic E-state index is 0.0378. The number of hydrogen-bond acceptors (Lipinski definition) is 4. The lowest BCUT2D eigenvalue weighted by molar-refractivity contribution is 0.0696. The van der Waals surface area contributed by atoms with Crippen molar-refractivity contribution in [3.8, 4) is 0 Å². The van der Waals surface area contributed by atoms with Crippen LogP contribution in [0.1, 0.15) is 22.8 Å². The van der Waals surface area contributed by atoms with Gasteiger partial charge in [0, 0.05) is 24.8 Å². The first-order valence-electron chi connectivity index (χ1n) is 6.37. The molecule has 0 saturated carbocycles. The zero-order valence-electron chi connectivity index (χ0n) is 11.7. The number of rotatable bonds is 6. The molecule has 2 rings (SSSR count). The molecular formula is C13H14FN3O4S. The number of halogens is 1. The van der Waals surface area contributed by atoms with E-state index in [0.717, 1.165) is 18.2 Å². The van der Waals surface area contributed by atoms with Crippen LogP contribution in [0.2, 0.25) is 0 Å².